The van der Waals surface area contributed by atoms with Crippen LogP contribution in [0.4, 0.5) is 8.78 Å². The molecule has 0 saturated carbocycles. The molecule has 1 N–H and O–H groups in total. The molecule has 1 aliphatic rings. The Hall–Kier alpha value is -2.02. The van der Waals surface area contributed by atoms with E-state index in [2.05, 4.69) is 16.9 Å². The van der Waals surface area contributed by atoms with Gasteiger partial charge in [0.15, 0.2) is 0 Å². The van der Waals surface area contributed by atoms with E-state index in [1.165, 1.54) is 17.6 Å². The molecule has 1 aromatic carbocycles. The van der Waals surface area contributed by atoms with Crippen molar-refractivity contribution >= 4 is 11.9 Å². The zero-order valence-corrected chi connectivity index (χ0v) is 20.7. The van der Waals surface area contributed by atoms with Crippen molar-refractivity contribution in [1.82, 2.24) is 4.90 Å². The van der Waals surface area contributed by atoms with Gasteiger partial charge in [0.05, 0.1) is 13.2 Å². The number of esters is 1. The van der Waals surface area contributed by atoms with Crippen molar-refractivity contribution in [3.8, 4) is 0 Å². The van der Waals surface area contributed by atoms with Gasteiger partial charge >= 0.3 is 11.9 Å². The lowest BCUT2D eigenvalue weighted by Crippen LogP contribution is -2.37. The van der Waals surface area contributed by atoms with Crippen molar-refractivity contribution in [3.63, 3.8) is 0 Å². The zero-order chi connectivity index (χ0) is 25.0. The highest BCUT2D eigenvalue weighted by molar-refractivity contribution is 5.86. The van der Waals surface area contributed by atoms with Crippen molar-refractivity contribution in [2.24, 2.45) is 5.92 Å². The van der Waals surface area contributed by atoms with Crippen molar-refractivity contribution in [1.29, 1.82) is 0 Å². The fraction of sp³-hybridized carbons (Fsp3) is 0.704. The van der Waals surface area contributed by atoms with Gasteiger partial charge in [-0.2, -0.15) is 8.78 Å². The molecule has 1 amide bonds. The Morgan fingerprint density at radius 2 is 1.82 bits per heavy atom. The van der Waals surface area contributed by atoms with Crippen LogP contribution >= 0.6 is 0 Å². The minimum atomic E-state index is -3.32. The number of aryl methyl sites for hydroxylation is 1. The standard InChI is InChI=1S/C27H41F2NO4/c1-21(12-9-10-15-22-13-6-5-7-14-22)24(31)18-17-23-20-27(28,29)26(33)30(23)19-11-4-3-8-16-25(32)34-2/h5-7,13-14,21,23-24,31H,3-4,8-12,15-20H2,1-2H3/t21-,23+,24-/m1/s1. The minimum Gasteiger partial charge on any atom is -0.469 e. The first kappa shape index (κ1) is 28.2. The van der Waals surface area contributed by atoms with Gasteiger partial charge in [-0.1, -0.05) is 56.5 Å². The molecule has 192 valence electrons. The van der Waals surface area contributed by atoms with Gasteiger partial charge in [0, 0.05) is 25.4 Å². The lowest BCUT2D eigenvalue weighted by Gasteiger charge is -2.26. The first-order valence-electron chi connectivity index (χ1n) is 12.7. The van der Waals surface area contributed by atoms with Crippen LogP contribution < -0.4 is 0 Å². The highest BCUT2D eigenvalue weighted by Gasteiger charge is 2.52. The second kappa shape index (κ2) is 14.4. The third-order valence-corrected chi connectivity index (χ3v) is 6.93. The monoisotopic (exact) mass is 481 g/mol. The molecule has 0 aromatic heterocycles. The number of aliphatic hydroxyl groups is 1. The number of hydrogen-bond acceptors (Lipinski definition) is 4. The van der Waals surface area contributed by atoms with Crippen molar-refractivity contribution in [2.45, 2.75) is 102 Å². The Morgan fingerprint density at radius 3 is 2.53 bits per heavy atom. The van der Waals surface area contributed by atoms with Crippen LogP contribution in [-0.2, 0) is 20.7 Å². The molecule has 1 aromatic rings. The number of unbranched alkanes of at least 4 members (excludes halogenated alkanes) is 4. The summed E-state index contributed by atoms with van der Waals surface area (Å²) in [7, 11) is 1.35. The number of methoxy groups -OCH3 is 1. The maximum atomic E-state index is 14.1. The number of amides is 1. The highest BCUT2D eigenvalue weighted by Crippen LogP contribution is 2.36. The van der Waals surface area contributed by atoms with E-state index < -0.39 is 30.4 Å². The largest absolute Gasteiger partial charge is 0.469 e. The molecule has 1 saturated heterocycles. The van der Waals surface area contributed by atoms with E-state index in [4.69, 9.17) is 0 Å². The maximum absolute atomic E-state index is 14.1. The summed E-state index contributed by atoms with van der Waals surface area (Å²) in [5.41, 5.74) is 1.31. The van der Waals surface area contributed by atoms with Crippen LogP contribution in [0.1, 0.15) is 83.1 Å². The predicted molar refractivity (Wildman–Crippen MR) is 129 cm³/mol. The molecule has 0 bridgehead atoms. The van der Waals surface area contributed by atoms with Crippen LogP contribution in [0.3, 0.4) is 0 Å². The first-order chi connectivity index (χ1) is 16.2. The number of carbonyl (C=O) groups is 2. The van der Waals surface area contributed by atoms with Gasteiger partial charge in [-0.3, -0.25) is 9.59 Å². The van der Waals surface area contributed by atoms with Gasteiger partial charge in [-0.15, -0.1) is 0 Å². The van der Waals surface area contributed by atoms with E-state index in [9.17, 15) is 23.5 Å². The summed E-state index contributed by atoms with van der Waals surface area (Å²) in [5, 5.41) is 10.6. The van der Waals surface area contributed by atoms with Crippen LogP contribution in [0.2, 0.25) is 0 Å². The summed E-state index contributed by atoms with van der Waals surface area (Å²) in [6.07, 6.45) is 6.98. The van der Waals surface area contributed by atoms with Crippen molar-refractivity contribution in [3.05, 3.63) is 35.9 Å². The van der Waals surface area contributed by atoms with Gasteiger partial charge in [0.25, 0.3) is 5.91 Å². The maximum Gasteiger partial charge on any atom is 0.326 e. The van der Waals surface area contributed by atoms with Gasteiger partial charge in [-0.25, -0.2) is 0 Å². The van der Waals surface area contributed by atoms with E-state index in [0.717, 1.165) is 38.5 Å². The fourth-order valence-corrected chi connectivity index (χ4v) is 4.70. The Bertz CT molecular complexity index is 743. The van der Waals surface area contributed by atoms with Crippen molar-refractivity contribution < 1.29 is 28.2 Å². The Balaban J connectivity index is 1.70. The second-order valence-electron chi connectivity index (χ2n) is 9.65. The lowest BCUT2D eigenvalue weighted by atomic mass is 9.92. The second-order valence-corrected chi connectivity index (χ2v) is 9.65. The zero-order valence-electron chi connectivity index (χ0n) is 20.7. The quantitative estimate of drug-likeness (QED) is 0.249. The number of aliphatic hydroxyl groups excluding tert-OH is 1. The van der Waals surface area contributed by atoms with E-state index in [1.807, 2.05) is 25.1 Å². The number of halogens is 2. The average molecular weight is 482 g/mol. The molecule has 2 rings (SSSR count). The van der Waals surface area contributed by atoms with Crippen LogP contribution in [-0.4, -0.2) is 53.6 Å². The molecule has 1 fully saturated rings. The number of ether oxygens (including phenoxy) is 1. The molecule has 34 heavy (non-hydrogen) atoms. The molecule has 5 nitrogen and oxygen atoms in total. The summed E-state index contributed by atoms with van der Waals surface area (Å²) >= 11 is 0. The van der Waals surface area contributed by atoms with Gasteiger partial charge in [0.1, 0.15) is 0 Å². The number of likely N-dealkylation sites (tertiary alicyclic amines) is 1. The molecule has 1 heterocycles. The average Bonchev–Trinajstić information content (AvgIpc) is 3.05. The normalized spacial score (nSPS) is 19.3. The summed E-state index contributed by atoms with van der Waals surface area (Å²) in [5.74, 6) is -4.56. The predicted octanol–water partition coefficient (Wildman–Crippen LogP) is 5.54. The van der Waals surface area contributed by atoms with Crippen LogP contribution in [0.5, 0.6) is 0 Å². The molecule has 1 aliphatic heterocycles. The Kier molecular flexibility index (Phi) is 11.9. The van der Waals surface area contributed by atoms with Gasteiger partial charge < -0.3 is 14.7 Å². The minimum absolute atomic E-state index is 0.0941. The third-order valence-electron chi connectivity index (χ3n) is 6.93. The molecule has 3 atom stereocenters. The number of nitrogens with zero attached hydrogens (tertiary/aromatic N) is 1. The number of hydrogen-bond donors (Lipinski definition) is 1. The number of rotatable bonds is 16. The summed E-state index contributed by atoms with van der Waals surface area (Å²) in [6.45, 7) is 2.30. The summed E-state index contributed by atoms with van der Waals surface area (Å²) in [6, 6.07) is 9.78. The van der Waals surface area contributed by atoms with E-state index in [-0.39, 0.29) is 11.9 Å². The van der Waals surface area contributed by atoms with E-state index in [0.29, 0.717) is 38.6 Å². The van der Waals surface area contributed by atoms with Crippen molar-refractivity contribution in [2.75, 3.05) is 13.7 Å². The molecule has 0 spiro atoms. The van der Waals surface area contributed by atoms with Crippen LogP contribution in [0, 0.1) is 5.92 Å². The Labute approximate surface area is 202 Å². The van der Waals surface area contributed by atoms with E-state index in [1.54, 1.807) is 0 Å². The highest BCUT2D eigenvalue weighted by atomic mass is 19.3. The molecular formula is C27H41F2NO4. The smallest absolute Gasteiger partial charge is 0.326 e. The molecular weight excluding hydrogens is 440 g/mol. The van der Waals surface area contributed by atoms with Gasteiger partial charge in [-0.05, 0) is 56.4 Å². The topological polar surface area (TPSA) is 66.8 Å². The van der Waals surface area contributed by atoms with Gasteiger partial charge in [0.2, 0.25) is 0 Å². The summed E-state index contributed by atoms with van der Waals surface area (Å²) in [4.78, 5) is 24.7. The number of carbonyl (C=O) groups excluding carboxylic acids is 2. The SMILES string of the molecule is COC(=O)CCCCCCN1C(=O)C(F)(F)C[C@@H]1CC[C@@H](O)[C@H](C)CCCCc1ccccc1. The molecule has 0 unspecified atom stereocenters. The number of alkyl halides is 2. The fourth-order valence-electron chi connectivity index (χ4n) is 4.70. The van der Waals surface area contributed by atoms with Crippen LogP contribution in [0.25, 0.3) is 0 Å². The van der Waals surface area contributed by atoms with Crippen LogP contribution in [0.15, 0.2) is 30.3 Å². The first-order valence-corrected chi connectivity index (χ1v) is 12.7. The molecule has 0 radical (unpaired) electrons. The molecule has 7 heteroatoms. The Morgan fingerprint density at radius 1 is 1.12 bits per heavy atom. The molecule has 0 aliphatic carbocycles. The third kappa shape index (κ3) is 9.32. The lowest BCUT2D eigenvalue weighted by molar-refractivity contribution is -0.148. The van der Waals surface area contributed by atoms with E-state index >= 15 is 0 Å². The number of benzene rings is 1. The summed E-state index contributed by atoms with van der Waals surface area (Å²) < 4.78 is 32.8.